The molecular formula is C15H23N3O2. The van der Waals surface area contributed by atoms with Crippen molar-refractivity contribution in [2.45, 2.75) is 25.8 Å². The first-order valence-electron chi connectivity index (χ1n) is 7.11. The van der Waals surface area contributed by atoms with Crippen molar-refractivity contribution in [2.75, 3.05) is 37.8 Å². The van der Waals surface area contributed by atoms with Gasteiger partial charge in [0, 0.05) is 24.0 Å². The molecule has 5 heteroatoms. The van der Waals surface area contributed by atoms with Gasteiger partial charge in [0.05, 0.1) is 12.7 Å². The standard InChI is InChI=1S/C15H23N3O2/c1-3-18-8-4-5-12(18)10-17-11-6-7-14(16)13(9-11)15(19)20-2/h6-7,9,12,17H,3-5,8,10,16H2,1-2H3. The third-order valence-corrected chi connectivity index (χ3v) is 3.91. The Balaban J connectivity index is 2.01. The highest BCUT2D eigenvalue weighted by Gasteiger charge is 2.22. The van der Waals surface area contributed by atoms with Crippen LogP contribution in [0.2, 0.25) is 0 Å². The molecule has 1 aromatic carbocycles. The fourth-order valence-corrected chi connectivity index (χ4v) is 2.73. The molecule has 1 saturated heterocycles. The number of hydrogen-bond acceptors (Lipinski definition) is 5. The van der Waals surface area contributed by atoms with Crippen molar-refractivity contribution in [1.29, 1.82) is 0 Å². The molecule has 0 bridgehead atoms. The Hall–Kier alpha value is -1.75. The molecule has 1 aliphatic rings. The van der Waals surface area contributed by atoms with E-state index in [2.05, 4.69) is 17.1 Å². The van der Waals surface area contributed by atoms with Crippen LogP contribution in [-0.4, -0.2) is 43.7 Å². The Morgan fingerprint density at radius 2 is 2.35 bits per heavy atom. The van der Waals surface area contributed by atoms with Gasteiger partial charge in [-0.1, -0.05) is 6.92 Å². The van der Waals surface area contributed by atoms with Crippen LogP contribution in [0, 0.1) is 0 Å². The van der Waals surface area contributed by atoms with E-state index in [1.54, 1.807) is 12.1 Å². The smallest absolute Gasteiger partial charge is 0.340 e. The number of likely N-dealkylation sites (N-methyl/N-ethyl adjacent to an activating group) is 1. The molecule has 1 aliphatic heterocycles. The van der Waals surface area contributed by atoms with Crippen LogP contribution in [0.1, 0.15) is 30.1 Å². The summed E-state index contributed by atoms with van der Waals surface area (Å²) in [4.78, 5) is 14.1. The van der Waals surface area contributed by atoms with Crippen molar-refractivity contribution >= 4 is 17.3 Å². The van der Waals surface area contributed by atoms with Crippen molar-refractivity contribution in [2.24, 2.45) is 0 Å². The Morgan fingerprint density at radius 1 is 1.55 bits per heavy atom. The molecule has 0 saturated carbocycles. The van der Waals surface area contributed by atoms with Crippen LogP contribution in [0.25, 0.3) is 0 Å². The number of carbonyl (C=O) groups excluding carboxylic acids is 1. The fraction of sp³-hybridized carbons (Fsp3) is 0.533. The van der Waals surface area contributed by atoms with E-state index in [0.29, 0.717) is 17.3 Å². The summed E-state index contributed by atoms with van der Waals surface area (Å²) in [6, 6.07) is 5.96. The maximum absolute atomic E-state index is 11.6. The molecule has 1 unspecified atom stereocenters. The quantitative estimate of drug-likeness (QED) is 0.636. The van der Waals surface area contributed by atoms with Gasteiger partial charge in [0.2, 0.25) is 0 Å². The lowest BCUT2D eigenvalue weighted by atomic mass is 10.1. The molecule has 0 aliphatic carbocycles. The first-order valence-corrected chi connectivity index (χ1v) is 7.11. The highest BCUT2D eigenvalue weighted by molar-refractivity contribution is 5.96. The number of nitrogens with zero attached hydrogens (tertiary/aromatic N) is 1. The minimum absolute atomic E-state index is 0.401. The van der Waals surface area contributed by atoms with Gasteiger partial charge in [0.25, 0.3) is 0 Å². The summed E-state index contributed by atoms with van der Waals surface area (Å²) >= 11 is 0. The minimum Gasteiger partial charge on any atom is -0.465 e. The van der Waals surface area contributed by atoms with Crippen molar-refractivity contribution in [3.63, 3.8) is 0 Å². The Bertz CT molecular complexity index is 476. The summed E-state index contributed by atoms with van der Waals surface area (Å²) in [6.07, 6.45) is 2.48. The van der Waals surface area contributed by atoms with E-state index in [1.165, 1.54) is 26.5 Å². The van der Waals surface area contributed by atoms with Crippen molar-refractivity contribution in [3.05, 3.63) is 23.8 Å². The number of likely N-dealkylation sites (tertiary alicyclic amines) is 1. The van der Waals surface area contributed by atoms with Crippen molar-refractivity contribution in [1.82, 2.24) is 4.90 Å². The Labute approximate surface area is 120 Å². The second-order valence-corrected chi connectivity index (χ2v) is 5.10. The monoisotopic (exact) mass is 277 g/mol. The number of methoxy groups -OCH3 is 1. The van der Waals surface area contributed by atoms with Crippen LogP contribution in [-0.2, 0) is 4.74 Å². The SMILES string of the molecule is CCN1CCCC1CNc1ccc(N)c(C(=O)OC)c1. The Morgan fingerprint density at radius 3 is 3.05 bits per heavy atom. The number of nitrogens with two attached hydrogens (primary N) is 1. The maximum atomic E-state index is 11.6. The molecule has 3 N–H and O–H groups in total. The van der Waals surface area contributed by atoms with Crippen LogP contribution < -0.4 is 11.1 Å². The van der Waals surface area contributed by atoms with Gasteiger partial charge in [-0.3, -0.25) is 4.90 Å². The average Bonchev–Trinajstić information content (AvgIpc) is 2.93. The molecule has 5 nitrogen and oxygen atoms in total. The topological polar surface area (TPSA) is 67.6 Å². The van der Waals surface area contributed by atoms with E-state index in [1.807, 2.05) is 6.07 Å². The Kier molecular flexibility index (Phi) is 4.84. The molecule has 20 heavy (non-hydrogen) atoms. The van der Waals surface area contributed by atoms with Gasteiger partial charge in [-0.05, 0) is 44.1 Å². The number of benzene rings is 1. The highest BCUT2D eigenvalue weighted by Crippen LogP contribution is 2.21. The highest BCUT2D eigenvalue weighted by atomic mass is 16.5. The summed E-state index contributed by atoms with van der Waals surface area (Å²) in [5.74, 6) is -0.401. The van der Waals surface area contributed by atoms with Crippen LogP contribution in [0.15, 0.2) is 18.2 Å². The number of carbonyl (C=O) groups is 1. The van der Waals surface area contributed by atoms with Gasteiger partial charge < -0.3 is 15.8 Å². The molecule has 0 radical (unpaired) electrons. The second-order valence-electron chi connectivity index (χ2n) is 5.10. The molecule has 1 fully saturated rings. The van der Waals surface area contributed by atoms with E-state index >= 15 is 0 Å². The lowest BCUT2D eigenvalue weighted by Crippen LogP contribution is -2.34. The van der Waals surface area contributed by atoms with E-state index in [0.717, 1.165) is 18.8 Å². The summed E-state index contributed by atoms with van der Waals surface area (Å²) in [7, 11) is 1.36. The summed E-state index contributed by atoms with van der Waals surface area (Å²) in [5, 5.41) is 3.39. The summed E-state index contributed by atoms with van der Waals surface area (Å²) in [5.41, 5.74) is 7.55. The number of nitrogens with one attached hydrogen (secondary N) is 1. The van der Waals surface area contributed by atoms with E-state index in [-0.39, 0.29) is 0 Å². The largest absolute Gasteiger partial charge is 0.465 e. The lowest BCUT2D eigenvalue weighted by molar-refractivity contribution is 0.0602. The lowest BCUT2D eigenvalue weighted by Gasteiger charge is -2.23. The predicted molar refractivity (Wildman–Crippen MR) is 81.0 cm³/mol. The fourth-order valence-electron chi connectivity index (χ4n) is 2.73. The van der Waals surface area contributed by atoms with E-state index in [4.69, 9.17) is 10.5 Å². The molecule has 0 spiro atoms. The van der Waals surface area contributed by atoms with Gasteiger partial charge in [0.15, 0.2) is 0 Å². The van der Waals surface area contributed by atoms with Crippen LogP contribution in [0.4, 0.5) is 11.4 Å². The molecular weight excluding hydrogens is 254 g/mol. The third kappa shape index (κ3) is 3.22. The number of rotatable bonds is 5. The van der Waals surface area contributed by atoms with E-state index in [9.17, 15) is 4.79 Å². The molecule has 0 amide bonds. The predicted octanol–water partition coefficient (Wildman–Crippen LogP) is 1.95. The zero-order valence-electron chi connectivity index (χ0n) is 12.2. The minimum atomic E-state index is -0.401. The van der Waals surface area contributed by atoms with Gasteiger partial charge in [-0.2, -0.15) is 0 Å². The number of anilines is 2. The van der Waals surface area contributed by atoms with Crippen LogP contribution in [0.3, 0.4) is 0 Å². The van der Waals surface area contributed by atoms with Crippen molar-refractivity contribution in [3.8, 4) is 0 Å². The summed E-state index contributed by atoms with van der Waals surface area (Å²) < 4.78 is 4.73. The average molecular weight is 277 g/mol. The van der Waals surface area contributed by atoms with Gasteiger partial charge >= 0.3 is 5.97 Å². The maximum Gasteiger partial charge on any atom is 0.340 e. The molecule has 110 valence electrons. The van der Waals surface area contributed by atoms with Crippen molar-refractivity contribution < 1.29 is 9.53 Å². The van der Waals surface area contributed by atoms with Crippen LogP contribution >= 0.6 is 0 Å². The van der Waals surface area contributed by atoms with Gasteiger partial charge in [-0.15, -0.1) is 0 Å². The summed E-state index contributed by atoms with van der Waals surface area (Å²) in [6.45, 7) is 5.34. The number of hydrogen-bond donors (Lipinski definition) is 2. The zero-order valence-corrected chi connectivity index (χ0v) is 12.2. The van der Waals surface area contributed by atoms with Gasteiger partial charge in [-0.25, -0.2) is 4.79 Å². The number of ether oxygens (including phenoxy) is 1. The van der Waals surface area contributed by atoms with Crippen LogP contribution in [0.5, 0.6) is 0 Å². The zero-order chi connectivity index (χ0) is 14.5. The molecule has 1 heterocycles. The first kappa shape index (κ1) is 14.7. The molecule has 1 aromatic rings. The number of nitrogen functional groups attached to an aromatic ring is 1. The number of esters is 1. The van der Waals surface area contributed by atoms with E-state index < -0.39 is 5.97 Å². The normalized spacial score (nSPS) is 19.0. The third-order valence-electron chi connectivity index (χ3n) is 3.91. The molecule has 2 rings (SSSR count). The van der Waals surface area contributed by atoms with Gasteiger partial charge in [0.1, 0.15) is 0 Å². The molecule has 1 atom stereocenters. The first-order chi connectivity index (χ1) is 9.65. The molecule has 0 aromatic heterocycles. The second kappa shape index (κ2) is 6.61.